The molecule has 302 valence electrons. The SMILES string of the molecule is COc1ccc2c(c1)S/C(=C\C=C\C1=[N+](C)c3ccccc3C1(C)Cc1ccc(CC3(C)C(/C=C/C=C4\Sc5cc(OC)ccc5N4C)=[N+](C)c4ccccc43)cc1)N2C. The van der Waals surface area contributed by atoms with E-state index < -0.39 is 0 Å². The quantitative estimate of drug-likeness (QED) is 0.130. The first-order chi connectivity index (χ1) is 29.0. The summed E-state index contributed by atoms with van der Waals surface area (Å²) in [5.74, 6) is 1.76. The summed E-state index contributed by atoms with van der Waals surface area (Å²) in [6.07, 6.45) is 15.3. The predicted molar refractivity (Wildman–Crippen MR) is 252 cm³/mol. The standard InChI is InChI=1S/C52H52N4O2S2/c1-51(39-15-9-11-17-41(39)53(3)47(51)19-13-21-49-55(5)43-29-27-37(57-7)31-45(43)59-49)33-35-23-25-36(26-24-35)34-52(2)40-16-10-12-18-42(40)54(4)48(52)20-14-22-50-56(6)44-30-28-38(58-8)32-46(44)60-50/h9-32H,33-34H2,1-8H3/q+2. The van der Waals surface area contributed by atoms with Crippen LogP contribution in [-0.2, 0) is 23.7 Å². The Morgan fingerprint density at radius 1 is 0.567 bits per heavy atom. The van der Waals surface area contributed by atoms with Gasteiger partial charge in [0.05, 0.1) is 46.5 Å². The van der Waals surface area contributed by atoms with Crippen LogP contribution in [0.4, 0.5) is 22.7 Å². The monoisotopic (exact) mass is 828 g/mol. The van der Waals surface area contributed by atoms with E-state index in [9.17, 15) is 0 Å². The highest BCUT2D eigenvalue weighted by molar-refractivity contribution is 8.04. The van der Waals surface area contributed by atoms with Crippen molar-refractivity contribution >= 4 is 57.7 Å². The van der Waals surface area contributed by atoms with Crippen molar-refractivity contribution in [1.29, 1.82) is 0 Å². The molecule has 2 unspecified atom stereocenters. The van der Waals surface area contributed by atoms with Gasteiger partial charge in [-0.15, -0.1) is 0 Å². The molecule has 0 radical (unpaired) electrons. The Morgan fingerprint density at radius 3 is 1.37 bits per heavy atom. The second-order valence-electron chi connectivity index (χ2n) is 16.5. The molecule has 0 aromatic heterocycles. The van der Waals surface area contributed by atoms with Gasteiger partial charge in [0.2, 0.25) is 11.4 Å². The number of allylic oxidation sites excluding steroid dienone is 6. The molecule has 0 saturated heterocycles. The number of hydrogen-bond donors (Lipinski definition) is 0. The predicted octanol–water partition coefficient (Wildman–Crippen LogP) is 11.4. The van der Waals surface area contributed by atoms with Crippen molar-refractivity contribution in [3.8, 4) is 11.5 Å². The summed E-state index contributed by atoms with van der Waals surface area (Å²) in [6, 6.07) is 39.7. The van der Waals surface area contributed by atoms with Gasteiger partial charge in [0, 0.05) is 59.3 Å². The number of hydrogen-bond acceptors (Lipinski definition) is 6. The first-order valence-corrected chi connectivity index (χ1v) is 22.1. The summed E-state index contributed by atoms with van der Waals surface area (Å²) < 4.78 is 15.7. The Bertz CT molecular complexity index is 2540. The van der Waals surface area contributed by atoms with Crippen LogP contribution in [0.1, 0.15) is 36.1 Å². The summed E-state index contributed by atoms with van der Waals surface area (Å²) in [6.45, 7) is 4.81. The molecule has 0 bridgehead atoms. The second-order valence-corrected chi connectivity index (χ2v) is 18.6. The molecule has 0 fully saturated rings. The van der Waals surface area contributed by atoms with Gasteiger partial charge in [0.1, 0.15) is 25.6 Å². The summed E-state index contributed by atoms with van der Waals surface area (Å²) in [5, 5.41) is 2.38. The zero-order valence-corrected chi connectivity index (χ0v) is 37.3. The summed E-state index contributed by atoms with van der Waals surface area (Å²) >= 11 is 3.56. The number of thioether (sulfide) groups is 2. The molecule has 8 heteroatoms. The molecule has 4 heterocycles. The van der Waals surface area contributed by atoms with Gasteiger partial charge in [0.15, 0.2) is 11.4 Å². The lowest BCUT2D eigenvalue weighted by atomic mass is 9.73. The third-order valence-corrected chi connectivity index (χ3v) is 15.2. The molecule has 0 saturated carbocycles. The van der Waals surface area contributed by atoms with Gasteiger partial charge in [-0.1, -0.05) is 96.3 Å². The lowest BCUT2D eigenvalue weighted by Crippen LogP contribution is -2.33. The summed E-state index contributed by atoms with van der Waals surface area (Å²) in [5.41, 5.74) is 12.5. The van der Waals surface area contributed by atoms with Gasteiger partial charge < -0.3 is 19.3 Å². The van der Waals surface area contributed by atoms with E-state index >= 15 is 0 Å². The van der Waals surface area contributed by atoms with E-state index in [4.69, 9.17) is 9.47 Å². The van der Waals surface area contributed by atoms with E-state index in [0.717, 1.165) is 24.3 Å². The molecule has 0 aliphatic carbocycles. The lowest BCUT2D eigenvalue weighted by Gasteiger charge is -2.24. The molecule has 0 amide bonds. The molecule has 2 atom stereocenters. The van der Waals surface area contributed by atoms with Crippen LogP contribution in [0.3, 0.4) is 0 Å². The average molecular weight is 829 g/mol. The van der Waals surface area contributed by atoms with Crippen LogP contribution in [0, 0.1) is 0 Å². The molecule has 4 aliphatic heterocycles. The van der Waals surface area contributed by atoms with E-state index in [1.807, 2.05) is 12.1 Å². The first kappa shape index (κ1) is 39.7. The fourth-order valence-electron chi connectivity index (χ4n) is 9.59. The highest BCUT2D eigenvalue weighted by Crippen LogP contribution is 2.48. The molecule has 0 spiro atoms. The largest absolute Gasteiger partial charge is 0.497 e. The van der Waals surface area contributed by atoms with Crippen LogP contribution in [-0.4, -0.2) is 63.0 Å². The minimum Gasteiger partial charge on any atom is -0.497 e. The number of benzene rings is 5. The van der Waals surface area contributed by atoms with Crippen molar-refractivity contribution in [3.05, 3.63) is 178 Å². The highest BCUT2D eigenvalue weighted by atomic mass is 32.2. The van der Waals surface area contributed by atoms with Gasteiger partial charge in [-0.25, -0.2) is 0 Å². The maximum atomic E-state index is 5.49. The number of rotatable bonds is 10. The summed E-state index contributed by atoms with van der Waals surface area (Å²) in [4.78, 5) is 6.93. The van der Waals surface area contributed by atoms with Gasteiger partial charge in [-0.3, -0.25) is 0 Å². The highest BCUT2D eigenvalue weighted by Gasteiger charge is 2.48. The zero-order valence-electron chi connectivity index (χ0n) is 35.7. The van der Waals surface area contributed by atoms with E-state index in [-0.39, 0.29) is 10.8 Å². The second kappa shape index (κ2) is 15.7. The van der Waals surface area contributed by atoms with Crippen LogP contribution in [0.25, 0.3) is 0 Å². The Balaban J connectivity index is 0.957. The molecule has 5 aromatic carbocycles. The van der Waals surface area contributed by atoms with Crippen molar-refractivity contribution in [2.24, 2.45) is 0 Å². The van der Waals surface area contributed by atoms with Crippen LogP contribution in [0.2, 0.25) is 0 Å². The number of fused-ring (bicyclic) bond motifs is 4. The van der Waals surface area contributed by atoms with Crippen LogP contribution in [0.15, 0.2) is 165 Å². The van der Waals surface area contributed by atoms with Crippen LogP contribution < -0.4 is 19.3 Å². The van der Waals surface area contributed by atoms with Crippen molar-refractivity contribution < 1.29 is 18.6 Å². The van der Waals surface area contributed by atoms with E-state index in [2.05, 4.69) is 195 Å². The van der Waals surface area contributed by atoms with Gasteiger partial charge >= 0.3 is 0 Å². The van der Waals surface area contributed by atoms with Crippen molar-refractivity contribution in [2.75, 3.05) is 52.2 Å². The third kappa shape index (κ3) is 6.80. The Morgan fingerprint density at radius 2 is 0.967 bits per heavy atom. The van der Waals surface area contributed by atoms with Gasteiger partial charge in [0.25, 0.3) is 0 Å². The molecule has 0 N–H and O–H groups in total. The Hall–Kier alpha value is -5.70. The molecule has 6 nitrogen and oxygen atoms in total. The van der Waals surface area contributed by atoms with E-state index in [1.165, 1.54) is 76.3 Å². The molecule has 4 aliphatic rings. The maximum Gasteiger partial charge on any atom is 0.209 e. The molecule has 60 heavy (non-hydrogen) atoms. The fraction of sp³-hybridized carbons (Fsp3) is 0.231. The summed E-state index contributed by atoms with van der Waals surface area (Å²) in [7, 11) is 12.1. The van der Waals surface area contributed by atoms with E-state index in [1.54, 1.807) is 37.7 Å². The van der Waals surface area contributed by atoms with Crippen LogP contribution >= 0.6 is 23.5 Å². The van der Waals surface area contributed by atoms with Gasteiger partial charge in [-0.05, 0) is 86.4 Å². The average Bonchev–Trinajstić information content (AvgIpc) is 3.89. The molecule has 9 rings (SSSR count). The zero-order chi connectivity index (χ0) is 41.8. The van der Waals surface area contributed by atoms with Gasteiger partial charge in [-0.2, -0.15) is 9.15 Å². The smallest absolute Gasteiger partial charge is 0.209 e. The number of anilines is 2. The molecular weight excluding hydrogens is 777 g/mol. The van der Waals surface area contributed by atoms with Crippen molar-refractivity contribution in [3.63, 3.8) is 0 Å². The van der Waals surface area contributed by atoms with E-state index in [0.29, 0.717) is 0 Å². The first-order valence-electron chi connectivity index (χ1n) is 20.5. The Labute approximate surface area is 363 Å². The lowest BCUT2D eigenvalue weighted by molar-refractivity contribution is -0.401. The van der Waals surface area contributed by atoms with Crippen molar-refractivity contribution in [2.45, 2.75) is 47.3 Å². The topological polar surface area (TPSA) is 31.0 Å². The number of nitrogens with zero attached hydrogens (tertiary/aromatic N) is 4. The minimum atomic E-state index is -0.203. The molecular formula is C52H52N4O2S2+2. The Kier molecular flexibility index (Phi) is 10.4. The third-order valence-electron chi connectivity index (χ3n) is 12.8. The normalized spacial score (nSPS) is 21.9. The molecule has 5 aromatic rings. The van der Waals surface area contributed by atoms with Crippen LogP contribution in [0.5, 0.6) is 11.5 Å². The number of methoxy groups -OCH3 is 2. The number of ether oxygens (including phenoxy) is 2. The minimum absolute atomic E-state index is 0.203. The maximum absolute atomic E-state index is 5.49. The fourth-order valence-corrected chi connectivity index (χ4v) is 11.8. The number of para-hydroxylation sites is 2. The van der Waals surface area contributed by atoms with Crippen molar-refractivity contribution in [1.82, 2.24) is 0 Å².